The molecule has 92 valence electrons. The van der Waals surface area contributed by atoms with Gasteiger partial charge in [-0.05, 0) is 34.1 Å². The van der Waals surface area contributed by atoms with Gasteiger partial charge in [0.05, 0.1) is 11.3 Å². The molecule has 4 nitrogen and oxygen atoms in total. The number of rotatable bonds is 3. The zero-order chi connectivity index (χ0) is 13.1. The van der Waals surface area contributed by atoms with Gasteiger partial charge in [-0.1, -0.05) is 23.2 Å². The lowest BCUT2D eigenvalue weighted by Crippen LogP contribution is -2.01. The maximum absolute atomic E-state index is 10.9. The zero-order valence-electron chi connectivity index (χ0n) is 8.82. The number of hydrogen-bond acceptors (Lipinski definition) is 4. The van der Waals surface area contributed by atoms with E-state index in [2.05, 4.69) is 31.2 Å². The fourth-order valence-corrected chi connectivity index (χ4v) is 1.99. The average Bonchev–Trinajstić information content (AvgIpc) is 2.34. The Morgan fingerprint density at radius 3 is 2.78 bits per heavy atom. The molecular formula is C11H6BrCl2N3O. The first-order valence-corrected chi connectivity index (χ1v) is 6.34. The first-order valence-electron chi connectivity index (χ1n) is 4.79. The van der Waals surface area contributed by atoms with Crippen molar-refractivity contribution in [3.8, 4) is 0 Å². The summed E-state index contributed by atoms with van der Waals surface area (Å²) in [4.78, 5) is 18.7. The van der Waals surface area contributed by atoms with Crippen LogP contribution in [0.15, 0.2) is 29.0 Å². The number of nitrogens with one attached hydrogen (secondary N) is 1. The van der Waals surface area contributed by atoms with E-state index in [4.69, 9.17) is 23.2 Å². The van der Waals surface area contributed by atoms with Crippen LogP contribution < -0.4 is 5.32 Å². The van der Waals surface area contributed by atoms with Crippen LogP contribution in [0.5, 0.6) is 0 Å². The van der Waals surface area contributed by atoms with E-state index in [1.54, 1.807) is 18.2 Å². The van der Waals surface area contributed by atoms with E-state index in [-0.39, 0.29) is 10.7 Å². The van der Waals surface area contributed by atoms with Gasteiger partial charge in [0.15, 0.2) is 6.29 Å². The normalized spacial score (nSPS) is 10.2. The predicted octanol–water partition coefficient (Wildman–Crippen LogP) is 4.10. The number of halogens is 3. The molecule has 0 aliphatic heterocycles. The molecule has 0 saturated heterocycles. The molecule has 1 aromatic carbocycles. The molecular weight excluding hydrogens is 341 g/mol. The van der Waals surface area contributed by atoms with Gasteiger partial charge in [-0.3, -0.25) is 4.79 Å². The predicted molar refractivity (Wildman–Crippen MR) is 74.9 cm³/mol. The molecule has 0 radical (unpaired) electrons. The number of carbonyl (C=O) groups is 1. The zero-order valence-corrected chi connectivity index (χ0v) is 11.9. The van der Waals surface area contributed by atoms with Crippen molar-refractivity contribution in [3.63, 3.8) is 0 Å². The van der Waals surface area contributed by atoms with Crippen LogP contribution in [0.2, 0.25) is 10.2 Å². The van der Waals surface area contributed by atoms with Crippen LogP contribution in [0, 0.1) is 0 Å². The Kier molecular flexibility index (Phi) is 4.16. The van der Waals surface area contributed by atoms with Crippen molar-refractivity contribution in [2.75, 3.05) is 5.32 Å². The molecule has 2 rings (SSSR count). The minimum atomic E-state index is 0.0978. The fourth-order valence-electron chi connectivity index (χ4n) is 1.30. The van der Waals surface area contributed by atoms with E-state index in [0.717, 1.165) is 4.47 Å². The molecule has 0 unspecified atom stereocenters. The summed E-state index contributed by atoms with van der Waals surface area (Å²) in [5, 5.41) is 3.64. The van der Waals surface area contributed by atoms with E-state index >= 15 is 0 Å². The molecule has 0 atom stereocenters. The molecule has 0 fully saturated rings. The molecule has 0 spiro atoms. The quantitative estimate of drug-likeness (QED) is 0.671. The third-order valence-corrected chi connectivity index (χ3v) is 3.36. The summed E-state index contributed by atoms with van der Waals surface area (Å²) in [5.41, 5.74) is 0.881. The van der Waals surface area contributed by atoms with Gasteiger partial charge in [-0.15, -0.1) is 0 Å². The number of carbonyl (C=O) groups excluding carboxylic acids is 1. The highest BCUT2D eigenvalue weighted by atomic mass is 79.9. The summed E-state index contributed by atoms with van der Waals surface area (Å²) >= 11 is 15.1. The molecule has 0 aliphatic rings. The Morgan fingerprint density at radius 2 is 2.06 bits per heavy atom. The largest absolute Gasteiger partial charge is 0.339 e. The van der Waals surface area contributed by atoms with E-state index in [9.17, 15) is 4.79 Å². The third kappa shape index (κ3) is 2.80. The first-order chi connectivity index (χ1) is 8.61. The third-order valence-electron chi connectivity index (χ3n) is 2.13. The Hall–Kier alpha value is -1.17. The van der Waals surface area contributed by atoms with Gasteiger partial charge in [0.1, 0.15) is 17.3 Å². The lowest BCUT2D eigenvalue weighted by atomic mass is 10.3. The van der Waals surface area contributed by atoms with E-state index in [1.165, 1.54) is 6.33 Å². The van der Waals surface area contributed by atoms with Crippen LogP contribution in [0.4, 0.5) is 11.5 Å². The van der Waals surface area contributed by atoms with Crippen LogP contribution in [0.1, 0.15) is 10.4 Å². The van der Waals surface area contributed by atoms with Crippen molar-refractivity contribution >= 4 is 56.9 Å². The summed E-state index contributed by atoms with van der Waals surface area (Å²) in [6.45, 7) is 0. The monoisotopic (exact) mass is 345 g/mol. The van der Waals surface area contributed by atoms with Crippen molar-refractivity contribution in [3.05, 3.63) is 44.7 Å². The second kappa shape index (κ2) is 5.65. The summed E-state index contributed by atoms with van der Waals surface area (Å²) in [7, 11) is 0. The second-order valence-electron chi connectivity index (χ2n) is 3.29. The highest BCUT2D eigenvalue weighted by Gasteiger charge is 2.10. The van der Waals surface area contributed by atoms with Crippen molar-refractivity contribution < 1.29 is 4.79 Å². The molecule has 18 heavy (non-hydrogen) atoms. The summed E-state index contributed by atoms with van der Waals surface area (Å²) < 4.78 is 0.790. The molecule has 0 saturated carbocycles. The van der Waals surface area contributed by atoms with Gasteiger partial charge in [-0.2, -0.15) is 0 Å². The summed E-state index contributed by atoms with van der Waals surface area (Å²) in [6.07, 6.45) is 1.87. The fraction of sp³-hybridized carbons (Fsp3) is 0. The topological polar surface area (TPSA) is 54.9 Å². The Bertz CT molecular complexity index is 607. The molecule has 0 amide bonds. The van der Waals surface area contributed by atoms with Gasteiger partial charge in [0.25, 0.3) is 0 Å². The summed E-state index contributed by atoms with van der Waals surface area (Å²) in [5.74, 6) is 0.327. The Balaban J connectivity index is 2.43. The van der Waals surface area contributed by atoms with Crippen molar-refractivity contribution in [1.82, 2.24) is 9.97 Å². The molecule has 7 heteroatoms. The van der Waals surface area contributed by atoms with E-state index < -0.39 is 0 Å². The van der Waals surface area contributed by atoms with Gasteiger partial charge in [-0.25, -0.2) is 9.97 Å². The highest BCUT2D eigenvalue weighted by Crippen LogP contribution is 2.29. The SMILES string of the molecule is O=Cc1c(Cl)ncnc1Nc1cc(Cl)ccc1Br. The standard InChI is InChI=1S/C11H6BrCl2N3O/c12-8-2-1-6(13)3-9(8)17-11-7(4-18)10(14)15-5-16-11/h1-5H,(H,15,16,17). The van der Waals surface area contributed by atoms with Crippen molar-refractivity contribution in [2.24, 2.45) is 0 Å². The van der Waals surface area contributed by atoms with Gasteiger partial charge >= 0.3 is 0 Å². The van der Waals surface area contributed by atoms with Gasteiger partial charge in [0.2, 0.25) is 0 Å². The number of aromatic nitrogens is 2. The van der Waals surface area contributed by atoms with Crippen molar-refractivity contribution in [2.45, 2.75) is 0 Å². The second-order valence-corrected chi connectivity index (χ2v) is 4.94. The van der Waals surface area contributed by atoms with Crippen LogP contribution in [0.3, 0.4) is 0 Å². The molecule has 1 aromatic heterocycles. The number of aldehydes is 1. The number of nitrogens with zero attached hydrogens (tertiary/aromatic N) is 2. The van der Waals surface area contributed by atoms with Crippen molar-refractivity contribution in [1.29, 1.82) is 0 Å². The van der Waals surface area contributed by atoms with Crippen LogP contribution in [0.25, 0.3) is 0 Å². The Labute approximate surface area is 121 Å². The minimum Gasteiger partial charge on any atom is -0.339 e. The minimum absolute atomic E-state index is 0.0978. The summed E-state index contributed by atoms with van der Waals surface area (Å²) in [6, 6.07) is 5.23. The molecule has 1 heterocycles. The van der Waals surface area contributed by atoms with E-state index in [1.807, 2.05) is 0 Å². The lowest BCUT2D eigenvalue weighted by molar-refractivity contribution is 0.112. The molecule has 2 aromatic rings. The molecule has 0 bridgehead atoms. The first kappa shape index (κ1) is 13.3. The van der Waals surface area contributed by atoms with Gasteiger partial charge < -0.3 is 5.32 Å². The number of anilines is 2. The molecule has 0 aliphatic carbocycles. The number of hydrogen-bond donors (Lipinski definition) is 1. The maximum Gasteiger partial charge on any atom is 0.156 e. The maximum atomic E-state index is 10.9. The van der Waals surface area contributed by atoms with Crippen LogP contribution in [-0.2, 0) is 0 Å². The number of benzene rings is 1. The van der Waals surface area contributed by atoms with E-state index in [0.29, 0.717) is 22.8 Å². The Morgan fingerprint density at radius 1 is 1.28 bits per heavy atom. The molecule has 1 N–H and O–H groups in total. The highest BCUT2D eigenvalue weighted by molar-refractivity contribution is 9.10. The average molecular weight is 347 g/mol. The van der Waals surface area contributed by atoms with Crippen LogP contribution >= 0.6 is 39.1 Å². The lowest BCUT2D eigenvalue weighted by Gasteiger charge is -2.10. The van der Waals surface area contributed by atoms with Crippen LogP contribution in [-0.4, -0.2) is 16.3 Å². The van der Waals surface area contributed by atoms with Gasteiger partial charge in [0, 0.05) is 9.50 Å². The smallest absolute Gasteiger partial charge is 0.156 e.